The lowest BCUT2D eigenvalue weighted by molar-refractivity contribution is 0.0531. The first-order valence-electron chi connectivity index (χ1n) is 11.7. The summed E-state index contributed by atoms with van der Waals surface area (Å²) in [6.45, 7) is 7.09. The SMILES string of the molecule is CCOC(=O)c1sc(-c2ccc(O)c(C(Nc3ccc(S(N)(=O)=O)cc3)P(=O)(OCC)OCC)c2)nc1C. The molecule has 4 N–H and O–H groups in total. The van der Waals surface area contributed by atoms with Gasteiger partial charge in [0.2, 0.25) is 10.0 Å². The van der Waals surface area contributed by atoms with Crippen molar-refractivity contribution in [1.82, 2.24) is 4.98 Å². The molecule has 11 nitrogen and oxygen atoms in total. The van der Waals surface area contributed by atoms with Crippen molar-refractivity contribution in [3.63, 3.8) is 0 Å². The maximum absolute atomic E-state index is 14.0. The number of nitrogens with zero attached hydrogens (tertiary/aromatic N) is 1. The van der Waals surface area contributed by atoms with Crippen LogP contribution in [0.5, 0.6) is 5.75 Å². The normalized spacial score (nSPS) is 12.8. The number of aryl methyl sites for hydroxylation is 1. The molecule has 0 saturated carbocycles. The first-order valence-corrected chi connectivity index (χ1v) is 15.7. The van der Waals surface area contributed by atoms with Gasteiger partial charge in [-0.05, 0) is 70.2 Å². The van der Waals surface area contributed by atoms with E-state index in [1.807, 2.05) is 0 Å². The minimum atomic E-state index is -3.93. The lowest BCUT2D eigenvalue weighted by atomic mass is 10.1. The average Bonchev–Trinajstić information content (AvgIpc) is 3.25. The van der Waals surface area contributed by atoms with Gasteiger partial charge in [-0.15, -0.1) is 11.3 Å². The quantitative estimate of drug-likeness (QED) is 0.194. The van der Waals surface area contributed by atoms with E-state index in [-0.39, 0.29) is 36.0 Å². The molecule has 14 heteroatoms. The molecule has 1 unspecified atom stereocenters. The number of aromatic nitrogens is 1. The Balaban J connectivity index is 2.11. The lowest BCUT2D eigenvalue weighted by Crippen LogP contribution is -2.16. The molecule has 3 rings (SSSR count). The molecular formula is C24H30N3O8PS2. The molecule has 2 aromatic carbocycles. The van der Waals surface area contributed by atoms with Crippen LogP contribution in [0.1, 0.15) is 47.5 Å². The Labute approximate surface area is 225 Å². The number of nitrogens with one attached hydrogen (secondary N) is 1. The topological polar surface area (TPSA) is 167 Å². The second-order valence-corrected chi connectivity index (χ2v) is 12.6. The Morgan fingerprint density at radius 1 is 1.11 bits per heavy atom. The van der Waals surface area contributed by atoms with Gasteiger partial charge >= 0.3 is 13.6 Å². The number of sulfonamides is 1. The zero-order valence-electron chi connectivity index (χ0n) is 21.3. The third-order valence-electron chi connectivity index (χ3n) is 5.25. The van der Waals surface area contributed by atoms with Crippen LogP contribution in [-0.4, -0.2) is 44.3 Å². The number of hydrogen-bond acceptors (Lipinski definition) is 11. The minimum absolute atomic E-state index is 0.0643. The zero-order chi connectivity index (χ0) is 28.1. The van der Waals surface area contributed by atoms with Crippen molar-refractivity contribution in [1.29, 1.82) is 0 Å². The van der Waals surface area contributed by atoms with Crippen LogP contribution < -0.4 is 10.5 Å². The molecule has 0 aliphatic rings. The van der Waals surface area contributed by atoms with Crippen LogP contribution in [0, 0.1) is 6.92 Å². The highest BCUT2D eigenvalue weighted by Gasteiger charge is 2.39. The Hall–Kier alpha value is -2.80. The Morgan fingerprint density at radius 2 is 1.74 bits per heavy atom. The van der Waals surface area contributed by atoms with E-state index in [0.717, 1.165) is 11.3 Å². The average molecular weight is 584 g/mol. The van der Waals surface area contributed by atoms with Crippen molar-refractivity contribution in [3.05, 3.63) is 58.6 Å². The van der Waals surface area contributed by atoms with Crippen LogP contribution in [0.15, 0.2) is 47.4 Å². The van der Waals surface area contributed by atoms with Crippen molar-refractivity contribution >= 4 is 40.6 Å². The molecule has 206 valence electrons. The van der Waals surface area contributed by atoms with Gasteiger partial charge < -0.3 is 24.2 Å². The number of esters is 1. The van der Waals surface area contributed by atoms with Gasteiger partial charge in [0.05, 0.1) is 30.4 Å². The highest BCUT2D eigenvalue weighted by Crippen LogP contribution is 2.62. The summed E-state index contributed by atoms with van der Waals surface area (Å²) in [6, 6.07) is 10.1. The van der Waals surface area contributed by atoms with Crippen molar-refractivity contribution in [2.45, 2.75) is 38.4 Å². The molecule has 0 spiro atoms. The molecule has 1 atom stereocenters. The van der Waals surface area contributed by atoms with Crippen LogP contribution >= 0.6 is 18.9 Å². The second-order valence-electron chi connectivity index (χ2n) is 7.92. The zero-order valence-corrected chi connectivity index (χ0v) is 23.9. The van der Waals surface area contributed by atoms with Crippen molar-refractivity contribution in [2.24, 2.45) is 5.14 Å². The largest absolute Gasteiger partial charge is 0.508 e. The number of phenolic OH excluding ortho intramolecular Hbond substituents is 1. The van der Waals surface area contributed by atoms with Crippen molar-refractivity contribution in [2.75, 3.05) is 25.1 Å². The number of primary sulfonamides is 1. The number of rotatable bonds is 12. The fourth-order valence-corrected chi connectivity index (χ4v) is 7.00. The molecule has 0 amide bonds. The molecule has 0 aliphatic carbocycles. The number of aromatic hydroxyl groups is 1. The number of carbonyl (C=O) groups excluding carboxylic acids is 1. The Kier molecular flexibility index (Phi) is 9.69. The Bertz CT molecular complexity index is 1430. The molecule has 0 aliphatic heterocycles. The molecule has 0 saturated heterocycles. The summed E-state index contributed by atoms with van der Waals surface area (Å²) < 4.78 is 53.5. The standard InChI is InChI=1S/C24H30N3O8PS2/c1-5-33-24(29)21-15(4)26-23(37-21)16-8-13-20(28)19(14-16)22(36(30,34-6-2)35-7-3)27-17-9-11-18(12-10-17)38(25,31)32/h8-14,22,27-28H,5-7H2,1-4H3,(H2,25,31,32). The monoisotopic (exact) mass is 583 g/mol. The van der Waals surface area contributed by atoms with Gasteiger partial charge in [-0.2, -0.15) is 0 Å². The summed E-state index contributed by atoms with van der Waals surface area (Å²) >= 11 is 1.13. The van der Waals surface area contributed by atoms with E-state index in [4.69, 9.17) is 18.9 Å². The van der Waals surface area contributed by atoms with E-state index in [0.29, 0.717) is 26.8 Å². The van der Waals surface area contributed by atoms with Crippen LogP contribution in [0.2, 0.25) is 0 Å². The van der Waals surface area contributed by atoms with E-state index in [2.05, 4.69) is 10.3 Å². The number of phenols is 1. The molecule has 1 heterocycles. The second kappa shape index (κ2) is 12.4. The van der Waals surface area contributed by atoms with E-state index >= 15 is 0 Å². The number of thiazole rings is 1. The van der Waals surface area contributed by atoms with Gasteiger partial charge in [0, 0.05) is 16.8 Å². The van der Waals surface area contributed by atoms with E-state index in [1.165, 1.54) is 30.3 Å². The van der Waals surface area contributed by atoms with E-state index in [9.17, 15) is 22.9 Å². The van der Waals surface area contributed by atoms with Crippen molar-refractivity contribution < 1.29 is 36.7 Å². The Morgan fingerprint density at radius 3 is 2.29 bits per heavy atom. The number of carbonyl (C=O) groups is 1. The molecule has 0 bridgehead atoms. The highest BCUT2D eigenvalue weighted by atomic mass is 32.2. The first-order chi connectivity index (χ1) is 17.9. The molecule has 0 fully saturated rings. The molecule has 3 aromatic rings. The number of nitrogens with two attached hydrogens (primary N) is 1. The van der Waals surface area contributed by atoms with Gasteiger partial charge in [0.25, 0.3) is 0 Å². The summed E-state index contributed by atoms with van der Waals surface area (Å²) in [5, 5.41) is 19.6. The van der Waals surface area contributed by atoms with E-state index < -0.39 is 29.4 Å². The van der Waals surface area contributed by atoms with Crippen molar-refractivity contribution in [3.8, 4) is 16.3 Å². The van der Waals surface area contributed by atoms with Crippen LogP contribution in [-0.2, 0) is 28.4 Å². The van der Waals surface area contributed by atoms with Gasteiger partial charge in [-0.1, -0.05) is 0 Å². The van der Waals surface area contributed by atoms with Gasteiger partial charge in [-0.25, -0.2) is 23.3 Å². The fraction of sp³-hybridized carbons (Fsp3) is 0.333. The maximum atomic E-state index is 14.0. The third kappa shape index (κ3) is 6.79. The summed E-state index contributed by atoms with van der Waals surface area (Å²) in [6.07, 6.45) is 0. The number of benzene rings is 2. The summed E-state index contributed by atoms with van der Waals surface area (Å²) in [4.78, 5) is 17.0. The fourth-order valence-electron chi connectivity index (χ4n) is 3.58. The van der Waals surface area contributed by atoms with Crippen LogP contribution in [0.25, 0.3) is 10.6 Å². The van der Waals surface area contributed by atoms with Crippen LogP contribution in [0.4, 0.5) is 5.69 Å². The van der Waals surface area contributed by atoms with Gasteiger partial charge in [-0.3, -0.25) is 4.57 Å². The van der Waals surface area contributed by atoms with Gasteiger partial charge in [0.1, 0.15) is 15.6 Å². The highest BCUT2D eigenvalue weighted by molar-refractivity contribution is 7.89. The summed E-state index contributed by atoms with van der Waals surface area (Å²) in [5.41, 5.74) is 1.62. The molecule has 1 aromatic heterocycles. The van der Waals surface area contributed by atoms with E-state index in [1.54, 1.807) is 39.8 Å². The number of hydrogen-bond donors (Lipinski definition) is 3. The molecule has 38 heavy (non-hydrogen) atoms. The minimum Gasteiger partial charge on any atom is -0.508 e. The molecule has 0 radical (unpaired) electrons. The number of ether oxygens (including phenoxy) is 1. The smallest absolute Gasteiger partial charge is 0.357 e. The predicted octanol–water partition coefficient (Wildman–Crippen LogP) is 5.03. The number of anilines is 1. The summed E-state index contributed by atoms with van der Waals surface area (Å²) in [5.74, 6) is -1.85. The maximum Gasteiger partial charge on any atom is 0.357 e. The third-order valence-corrected chi connectivity index (χ3v) is 9.64. The summed E-state index contributed by atoms with van der Waals surface area (Å²) in [7, 11) is -7.84. The molecular weight excluding hydrogens is 553 g/mol. The van der Waals surface area contributed by atoms with Crippen LogP contribution in [0.3, 0.4) is 0 Å². The first kappa shape index (κ1) is 29.8. The predicted molar refractivity (Wildman–Crippen MR) is 145 cm³/mol. The van der Waals surface area contributed by atoms with Gasteiger partial charge in [0.15, 0.2) is 5.78 Å². The lowest BCUT2D eigenvalue weighted by Gasteiger charge is -2.29.